The largest absolute Gasteiger partial charge is 0.591 e. The summed E-state index contributed by atoms with van der Waals surface area (Å²) in [5.74, 6) is -0.250. The van der Waals surface area contributed by atoms with Crippen LogP contribution >= 0.6 is 8.03 Å². The van der Waals surface area contributed by atoms with E-state index in [-0.39, 0.29) is 16.7 Å². The highest BCUT2D eigenvalue weighted by Gasteiger charge is 2.22. The Morgan fingerprint density at radius 3 is 2.25 bits per heavy atom. The van der Waals surface area contributed by atoms with Crippen molar-refractivity contribution in [2.45, 2.75) is 20.8 Å². The van der Waals surface area contributed by atoms with E-state index in [1.54, 1.807) is 24.3 Å². The van der Waals surface area contributed by atoms with E-state index in [0.717, 1.165) is 16.7 Å². The Balaban J connectivity index is 2.58. The third-order valence-electron chi connectivity index (χ3n) is 3.65. The Labute approximate surface area is 119 Å². The molecular formula is C16H15O3P. The highest BCUT2D eigenvalue weighted by atomic mass is 31.1. The van der Waals surface area contributed by atoms with Gasteiger partial charge in [0.05, 0.1) is 5.56 Å². The van der Waals surface area contributed by atoms with Gasteiger partial charge in [-0.1, -0.05) is 28.8 Å². The topological polar surface area (TPSA) is 57.2 Å². The van der Waals surface area contributed by atoms with Gasteiger partial charge in [-0.15, -0.1) is 0 Å². The molecule has 1 atom stereocenters. The van der Waals surface area contributed by atoms with Gasteiger partial charge in [0.1, 0.15) is 0 Å². The molecule has 0 aromatic heterocycles. The first kappa shape index (κ1) is 14.6. The van der Waals surface area contributed by atoms with Crippen LogP contribution in [-0.2, 0) is 4.57 Å². The molecule has 4 heteroatoms. The zero-order valence-electron chi connectivity index (χ0n) is 11.6. The van der Waals surface area contributed by atoms with E-state index >= 15 is 0 Å². The molecule has 2 rings (SSSR count). The van der Waals surface area contributed by atoms with Gasteiger partial charge >= 0.3 is 8.03 Å². The van der Waals surface area contributed by atoms with Crippen molar-refractivity contribution in [1.82, 2.24) is 0 Å². The molecule has 1 unspecified atom stereocenters. The summed E-state index contributed by atoms with van der Waals surface area (Å²) < 4.78 is 11.2. The van der Waals surface area contributed by atoms with E-state index in [4.69, 9.17) is 0 Å². The molecule has 0 amide bonds. The van der Waals surface area contributed by atoms with Crippen molar-refractivity contribution < 1.29 is 14.3 Å². The fourth-order valence-electron chi connectivity index (χ4n) is 2.17. The molecule has 0 aliphatic carbocycles. The number of rotatable bonds is 3. The summed E-state index contributed by atoms with van der Waals surface area (Å²) in [5, 5.41) is 0.0742. The van der Waals surface area contributed by atoms with Crippen LogP contribution in [0.5, 0.6) is 0 Å². The number of carbonyl (C=O) groups excluding carboxylic acids is 1. The van der Waals surface area contributed by atoms with Crippen LogP contribution in [0.3, 0.4) is 0 Å². The van der Waals surface area contributed by atoms with Crippen LogP contribution in [0.25, 0.3) is 0 Å². The van der Waals surface area contributed by atoms with E-state index in [2.05, 4.69) is 0 Å². The van der Waals surface area contributed by atoms with Crippen molar-refractivity contribution in [3.8, 4) is 0 Å². The van der Waals surface area contributed by atoms with Gasteiger partial charge in [-0.2, -0.15) is 0 Å². The minimum Gasteiger partial charge on any atom is -0.591 e. The Morgan fingerprint density at radius 1 is 0.950 bits per heavy atom. The lowest BCUT2D eigenvalue weighted by Crippen LogP contribution is -2.17. The second-order valence-corrected chi connectivity index (χ2v) is 5.78. The number of aryl methyl sites for hydroxylation is 1. The zero-order valence-corrected chi connectivity index (χ0v) is 12.5. The molecule has 102 valence electrons. The maximum Gasteiger partial charge on any atom is 0.349 e. The molecule has 2 aromatic carbocycles. The summed E-state index contributed by atoms with van der Waals surface area (Å²) in [5.41, 5.74) is 3.85. The molecule has 0 saturated heterocycles. The Morgan fingerprint density at radius 2 is 1.60 bits per heavy atom. The fraction of sp³-hybridized carbons (Fsp3) is 0.188. The molecule has 0 aliphatic rings. The van der Waals surface area contributed by atoms with Gasteiger partial charge in [0.2, 0.25) is 0 Å². The standard InChI is InChI=1S/C16H15O3P/c1-10-8-9-13(12(3)11(10)2)16(17)14-6-4-5-7-15(14)20(18)19/h4-9H,1-3H3. The lowest BCUT2D eigenvalue weighted by molar-refractivity contribution is -0.160. The number of benzene rings is 2. The predicted octanol–water partition coefficient (Wildman–Crippen LogP) is 2.57. The summed E-state index contributed by atoms with van der Waals surface area (Å²) in [6, 6.07) is 9.94. The van der Waals surface area contributed by atoms with Crippen molar-refractivity contribution in [1.29, 1.82) is 0 Å². The monoisotopic (exact) mass is 286 g/mol. The van der Waals surface area contributed by atoms with Crippen molar-refractivity contribution in [2.24, 2.45) is 0 Å². The van der Waals surface area contributed by atoms with Crippen LogP contribution < -0.4 is 10.2 Å². The smallest absolute Gasteiger partial charge is 0.349 e. The quantitative estimate of drug-likeness (QED) is 0.643. The van der Waals surface area contributed by atoms with Crippen LogP contribution in [-0.4, -0.2) is 5.78 Å². The SMILES string of the molecule is Cc1ccc(C(=O)c2ccccc2[P+](=O)[O-])c(C)c1C. The number of hydrogen-bond donors (Lipinski definition) is 0. The molecule has 3 nitrogen and oxygen atoms in total. The number of ketones is 1. The van der Waals surface area contributed by atoms with E-state index in [0.29, 0.717) is 5.56 Å². The maximum absolute atomic E-state index is 12.6. The van der Waals surface area contributed by atoms with E-state index in [1.165, 1.54) is 6.07 Å². The highest BCUT2D eigenvalue weighted by Crippen LogP contribution is 2.21. The lowest BCUT2D eigenvalue weighted by Gasteiger charge is -2.10. The maximum atomic E-state index is 12.6. The Kier molecular flexibility index (Phi) is 4.12. The highest BCUT2D eigenvalue weighted by molar-refractivity contribution is 7.46. The first-order chi connectivity index (χ1) is 9.43. The molecule has 0 radical (unpaired) electrons. The van der Waals surface area contributed by atoms with Crippen LogP contribution in [0.15, 0.2) is 36.4 Å². The third-order valence-corrected chi connectivity index (χ3v) is 4.43. The van der Waals surface area contributed by atoms with E-state index in [1.807, 2.05) is 26.8 Å². The predicted molar refractivity (Wildman–Crippen MR) is 77.8 cm³/mol. The molecule has 2 aromatic rings. The summed E-state index contributed by atoms with van der Waals surface area (Å²) in [6.45, 7) is 5.83. The summed E-state index contributed by atoms with van der Waals surface area (Å²) in [7, 11) is -2.78. The fourth-order valence-corrected chi connectivity index (χ4v) is 2.75. The zero-order chi connectivity index (χ0) is 14.9. The van der Waals surface area contributed by atoms with Crippen LogP contribution in [0.4, 0.5) is 0 Å². The Bertz CT molecular complexity index is 705. The number of hydrogen-bond acceptors (Lipinski definition) is 3. The average molecular weight is 286 g/mol. The van der Waals surface area contributed by atoms with Gasteiger partial charge in [-0.05, 0) is 49.6 Å². The molecule has 0 N–H and O–H groups in total. The minimum atomic E-state index is -2.78. The van der Waals surface area contributed by atoms with Gasteiger partial charge < -0.3 is 4.89 Å². The molecule has 0 fully saturated rings. The van der Waals surface area contributed by atoms with Gasteiger partial charge in [0.15, 0.2) is 11.1 Å². The van der Waals surface area contributed by atoms with Gasteiger partial charge in [-0.3, -0.25) is 4.79 Å². The molecule has 0 aliphatic heterocycles. The third kappa shape index (κ3) is 2.55. The van der Waals surface area contributed by atoms with Crippen LogP contribution in [0.2, 0.25) is 0 Å². The second-order valence-electron chi connectivity index (χ2n) is 4.78. The molecule has 0 bridgehead atoms. The normalized spacial score (nSPS) is 11.3. The minimum absolute atomic E-state index is 0.0742. The average Bonchev–Trinajstić information content (AvgIpc) is 2.44. The van der Waals surface area contributed by atoms with Crippen molar-refractivity contribution in [2.75, 3.05) is 0 Å². The Hall–Kier alpha value is -1.83. The van der Waals surface area contributed by atoms with Gasteiger partial charge in [0.25, 0.3) is 0 Å². The summed E-state index contributed by atoms with van der Waals surface area (Å²) in [4.78, 5) is 23.8. The van der Waals surface area contributed by atoms with Crippen LogP contribution in [0.1, 0.15) is 32.6 Å². The lowest BCUT2D eigenvalue weighted by atomic mass is 9.93. The summed E-state index contributed by atoms with van der Waals surface area (Å²) in [6.07, 6.45) is 0. The van der Waals surface area contributed by atoms with E-state index in [9.17, 15) is 14.3 Å². The van der Waals surface area contributed by atoms with Crippen molar-refractivity contribution in [3.05, 3.63) is 64.2 Å². The van der Waals surface area contributed by atoms with Crippen LogP contribution in [0, 0.1) is 20.8 Å². The van der Waals surface area contributed by atoms with Gasteiger partial charge in [0, 0.05) is 5.56 Å². The number of carbonyl (C=O) groups is 1. The molecule has 0 heterocycles. The first-order valence-corrected chi connectivity index (χ1v) is 7.46. The first-order valence-electron chi connectivity index (χ1n) is 6.28. The summed E-state index contributed by atoms with van der Waals surface area (Å²) >= 11 is 0. The molecule has 0 spiro atoms. The molecular weight excluding hydrogens is 271 g/mol. The molecule has 20 heavy (non-hydrogen) atoms. The van der Waals surface area contributed by atoms with Gasteiger partial charge in [-0.25, -0.2) is 0 Å². The second kappa shape index (κ2) is 5.66. The van der Waals surface area contributed by atoms with Crippen molar-refractivity contribution >= 4 is 19.1 Å². The van der Waals surface area contributed by atoms with E-state index < -0.39 is 8.03 Å². The van der Waals surface area contributed by atoms with Crippen molar-refractivity contribution in [3.63, 3.8) is 0 Å². The molecule has 0 saturated carbocycles.